The lowest BCUT2D eigenvalue weighted by molar-refractivity contribution is 1.19. The van der Waals surface area contributed by atoms with E-state index in [9.17, 15) is 0 Å². The van der Waals surface area contributed by atoms with E-state index >= 15 is 0 Å². The van der Waals surface area contributed by atoms with Gasteiger partial charge in [-0.1, -0.05) is 12.2 Å². The maximum atomic E-state index is 4.22. The quantitative estimate of drug-likeness (QED) is 0.632. The van der Waals surface area contributed by atoms with E-state index in [1.165, 1.54) is 5.56 Å². The average molecular weight is 174 g/mol. The molecule has 0 N–H and O–H groups in total. The molecule has 2 nitrogen and oxygen atoms in total. The number of hydrogen-bond acceptors (Lipinski definition) is 2. The molecule has 0 aliphatic rings. The van der Waals surface area contributed by atoms with Gasteiger partial charge < -0.3 is 0 Å². The van der Waals surface area contributed by atoms with Crippen molar-refractivity contribution in [2.24, 2.45) is 4.99 Å². The third-order valence-corrected chi connectivity index (χ3v) is 1.72. The van der Waals surface area contributed by atoms with Crippen LogP contribution in [0.4, 0.5) is 0 Å². The van der Waals surface area contributed by atoms with Gasteiger partial charge in [0.2, 0.25) is 0 Å². The summed E-state index contributed by atoms with van der Waals surface area (Å²) in [5, 5.41) is 0. The van der Waals surface area contributed by atoms with Gasteiger partial charge in [-0.25, -0.2) is 0 Å². The second-order valence-corrected chi connectivity index (χ2v) is 2.84. The van der Waals surface area contributed by atoms with Crippen LogP contribution in [0.2, 0.25) is 0 Å². The normalized spacial score (nSPS) is 11.6. The average Bonchev–Trinajstić information content (AvgIpc) is 2.10. The minimum Gasteiger partial charge on any atom is -0.296 e. The maximum Gasteiger partial charge on any atom is 0.0379 e. The first-order valence-electron chi connectivity index (χ1n) is 4.29. The monoisotopic (exact) mass is 174 g/mol. The lowest BCUT2D eigenvalue weighted by Crippen LogP contribution is -1.91. The molecule has 1 aromatic heterocycles. The molecule has 68 valence electrons. The first-order valence-corrected chi connectivity index (χ1v) is 4.29. The van der Waals surface area contributed by atoms with Crippen LogP contribution in [0, 0.1) is 6.92 Å². The molecule has 0 saturated heterocycles. The number of hydrogen-bond donors (Lipinski definition) is 0. The predicted molar refractivity (Wildman–Crippen MR) is 57.2 cm³/mol. The Morgan fingerprint density at radius 1 is 1.38 bits per heavy atom. The second kappa shape index (κ2) is 4.55. The van der Waals surface area contributed by atoms with E-state index in [0.717, 1.165) is 11.3 Å². The van der Waals surface area contributed by atoms with Crippen molar-refractivity contribution < 1.29 is 0 Å². The number of aryl methyl sites for hydroxylation is 1. The zero-order valence-corrected chi connectivity index (χ0v) is 8.28. The van der Waals surface area contributed by atoms with Gasteiger partial charge in [-0.05, 0) is 25.5 Å². The zero-order chi connectivity index (χ0) is 9.68. The molecule has 0 radical (unpaired) electrons. The lowest BCUT2D eigenvalue weighted by atomic mass is 10.1. The molecule has 2 heteroatoms. The number of allylic oxidation sites excluding steroid dienone is 1. The minimum absolute atomic E-state index is 1.03. The highest BCUT2D eigenvalue weighted by Crippen LogP contribution is 2.09. The van der Waals surface area contributed by atoms with Crippen LogP contribution in [0.1, 0.15) is 23.7 Å². The number of rotatable bonds is 2. The van der Waals surface area contributed by atoms with Crippen molar-refractivity contribution in [3.8, 4) is 0 Å². The molecule has 0 atom stereocenters. The molecule has 1 aromatic rings. The highest BCUT2D eigenvalue weighted by molar-refractivity contribution is 5.84. The molecular weight excluding hydrogens is 160 g/mol. The molecule has 1 rings (SSSR count). The van der Waals surface area contributed by atoms with Gasteiger partial charge in [-0.15, -0.1) is 0 Å². The molecule has 0 spiro atoms. The predicted octanol–water partition coefficient (Wildman–Crippen LogP) is 2.47. The maximum absolute atomic E-state index is 4.22. The molecule has 0 aliphatic carbocycles. The fraction of sp³-hybridized carbons (Fsp3) is 0.273. The van der Waals surface area contributed by atoms with E-state index in [-0.39, 0.29) is 0 Å². The number of pyridine rings is 1. The SMILES string of the molecule is C/C=C/c1cc(C)ncc1C=NC. The van der Waals surface area contributed by atoms with Crippen LogP contribution in [-0.4, -0.2) is 18.2 Å². The summed E-state index contributed by atoms with van der Waals surface area (Å²) in [6.45, 7) is 3.99. The third-order valence-electron chi connectivity index (χ3n) is 1.72. The summed E-state index contributed by atoms with van der Waals surface area (Å²) in [5.41, 5.74) is 3.26. The van der Waals surface area contributed by atoms with E-state index in [0.29, 0.717) is 0 Å². The summed E-state index contributed by atoms with van der Waals surface area (Å²) >= 11 is 0. The van der Waals surface area contributed by atoms with E-state index in [1.807, 2.05) is 32.3 Å². The van der Waals surface area contributed by atoms with E-state index < -0.39 is 0 Å². The number of nitrogens with zero attached hydrogens (tertiary/aromatic N) is 2. The summed E-state index contributed by atoms with van der Waals surface area (Å²) in [6, 6.07) is 2.05. The highest BCUT2D eigenvalue weighted by Gasteiger charge is 1.96. The van der Waals surface area contributed by atoms with Gasteiger partial charge in [0.15, 0.2) is 0 Å². The van der Waals surface area contributed by atoms with Gasteiger partial charge in [-0.2, -0.15) is 0 Å². The van der Waals surface area contributed by atoms with Crippen molar-refractivity contribution >= 4 is 12.3 Å². The smallest absolute Gasteiger partial charge is 0.0379 e. The van der Waals surface area contributed by atoms with Crippen molar-refractivity contribution in [3.63, 3.8) is 0 Å². The van der Waals surface area contributed by atoms with Gasteiger partial charge in [0, 0.05) is 30.7 Å². The van der Waals surface area contributed by atoms with Gasteiger partial charge >= 0.3 is 0 Å². The second-order valence-electron chi connectivity index (χ2n) is 2.84. The van der Waals surface area contributed by atoms with Crippen LogP contribution in [0.25, 0.3) is 6.08 Å². The van der Waals surface area contributed by atoms with E-state index in [2.05, 4.69) is 22.1 Å². The molecule has 0 aliphatic heterocycles. The van der Waals surface area contributed by atoms with Crippen molar-refractivity contribution in [2.45, 2.75) is 13.8 Å². The fourth-order valence-corrected chi connectivity index (χ4v) is 1.16. The summed E-state index contributed by atoms with van der Waals surface area (Å²) in [7, 11) is 1.76. The topological polar surface area (TPSA) is 25.2 Å². The standard InChI is InChI=1S/C11H14N2/c1-4-5-10-6-9(2)13-8-11(10)7-12-3/h4-8H,1-3H3/b5-4+,12-7?. The molecule has 0 bridgehead atoms. The Morgan fingerprint density at radius 2 is 2.15 bits per heavy atom. The molecule has 0 fully saturated rings. The van der Waals surface area contributed by atoms with Crippen molar-refractivity contribution in [1.29, 1.82) is 0 Å². The first-order chi connectivity index (χ1) is 6.27. The minimum atomic E-state index is 1.03. The van der Waals surface area contributed by atoms with E-state index in [1.54, 1.807) is 7.05 Å². The molecule has 0 aromatic carbocycles. The van der Waals surface area contributed by atoms with Crippen LogP contribution < -0.4 is 0 Å². The third kappa shape index (κ3) is 2.51. The van der Waals surface area contributed by atoms with Gasteiger partial charge in [0.25, 0.3) is 0 Å². The van der Waals surface area contributed by atoms with Crippen LogP contribution in [-0.2, 0) is 0 Å². The summed E-state index contributed by atoms with van der Waals surface area (Å²) < 4.78 is 0. The zero-order valence-electron chi connectivity index (χ0n) is 8.28. The Kier molecular flexibility index (Phi) is 3.38. The van der Waals surface area contributed by atoms with Gasteiger partial charge in [0.1, 0.15) is 0 Å². The van der Waals surface area contributed by atoms with Crippen LogP contribution in [0.15, 0.2) is 23.3 Å². The lowest BCUT2D eigenvalue weighted by Gasteiger charge is -2.00. The molecular formula is C11H14N2. The van der Waals surface area contributed by atoms with Crippen molar-refractivity contribution in [1.82, 2.24) is 4.98 Å². The van der Waals surface area contributed by atoms with Crippen molar-refractivity contribution in [2.75, 3.05) is 7.05 Å². The number of aliphatic imine (C=N–C) groups is 1. The van der Waals surface area contributed by atoms with Crippen molar-refractivity contribution in [3.05, 3.63) is 35.2 Å². The summed E-state index contributed by atoms with van der Waals surface area (Å²) in [6.07, 6.45) is 7.74. The largest absolute Gasteiger partial charge is 0.296 e. The Morgan fingerprint density at radius 3 is 2.77 bits per heavy atom. The molecule has 13 heavy (non-hydrogen) atoms. The highest BCUT2D eigenvalue weighted by atomic mass is 14.7. The summed E-state index contributed by atoms with van der Waals surface area (Å²) in [4.78, 5) is 8.20. The fourth-order valence-electron chi connectivity index (χ4n) is 1.16. The van der Waals surface area contributed by atoms with Gasteiger partial charge in [-0.3, -0.25) is 9.98 Å². The molecule has 0 unspecified atom stereocenters. The van der Waals surface area contributed by atoms with Crippen LogP contribution >= 0.6 is 0 Å². The van der Waals surface area contributed by atoms with Gasteiger partial charge in [0.05, 0.1) is 0 Å². The Labute approximate surface area is 79.0 Å². The molecule has 0 amide bonds. The Balaban J connectivity index is 3.18. The molecule has 1 heterocycles. The Hall–Kier alpha value is -1.44. The first kappa shape index (κ1) is 9.65. The molecule has 0 saturated carbocycles. The van der Waals surface area contributed by atoms with E-state index in [4.69, 9.17) is 0 Å². The van der Waals surface area contributed by atoms with Crippen LogP contribution in [0.5, 0.6) is 0 Å². The summed E-state index contributed by atoms with van der Waals surface area (Å²) in [5.74, 6) is 0. The Bertz CT molecular complexity index is 338. The van der Waals surface area contributed by atoms with Crippen LogP contribution in [0.3, 0.4) is 0 Å². The number of aromatic nitrogens is 1.